The average Bonchev–Trinajstić information content (AvgIpc) is 3.35. The molecule has 0 aliphatic rings. The fraction of sp³-hybridized carbons (Fsp3) is 0.273. The fourth-order valence-electron chi connectivity index (χ4n) is 3.56. The molecule has 0 unspecified atom stereocenters. The van der Waals surface area contributed by atoms with Crippen molar-refractivity contribution < 1.29 is 18.0 Å². The van der Waals surface area contributed by atoms with E-state index in [1.54, 1.807) is 17.1 Å². The molecule has 0 spiro atoms. The van der Waals surface area contributed by atoms with Crippen molar-refractivity contribution in [2.24, 2.45) is 7.05 Å². The smallest absolute Gasteiger partial charge is 0.290 e. The molecule has 0 bridgehead atoms. The summed E-state index contributed by atoms with van der Waals surface area (Å²) in [5.41, 5.74) is 7.47. The number of carbonyl (C=O) groups excluding carboxylic acids is 1. The van der Waals surface area contributed by atoms with Crippen LogP contribution in [0.25, 0.3) is 21.6 Å². The normalized spacial score (nSPS) is 11.8. The zero-order valence-corrected chi connectivity index (χ0v) is 19.6. The summed E-state index contributed by atoms with van der Waals surface area (Å²) in [6.45, 7) is 6.06. The van der Waals surface area contributed by atoms with Crippen LogP contribution < -0.4 is 16.2 Å². The molecule has 0 radical (unpaired) electrons. The lowest BCUT2D eigenvalue weighted by Crippen LogP contribution is -2.34. The van der Waals surface area contributed by atoms with Gasteiger partial charge in [0.1, 0.15) is 16.6 Å². The van der Waals surface area contributed by atoms with Gasteiger partial charge >= 0.3 is 12.2 Å². The number of carbonyl (C=O) groups is 1. The van der Waals surface area contributed by atoms with Crippen LogP contribution in [0.1, 0.15) is 36.6 Å². The standard InChI is InChI=1S/C22H22F3N7OS/c1-11(2)15-9-16(26-19-18(15)12(3)31-32(19)4)29-30-21(33)28-17-10-34-20(27-17)13-6-5-7-14(8-13)22(23,24)25/h5-11H,1-4H3,(H,26,29)(H2,28,30,33). The lowest BCUT2D eigenvalue weighted by molar-refractivity contribution is -0.137. The minimum atomic E-state index is -4.44. The number of aryl methyl sites for hydroxylation is 2. The summed E-state index contributed by atoms with van der Waals surface area (Å²) in [6, 6.07) is 6.14. The highest BCUT2D eigenvalue weighted by Crippen LogP contribution is 2.33. The minimum absolute atomic E-state index is 0.213. The number of nitrogens with zero attached hydrogens (tertiary/aromatic N) is 4. The first-order chi connectivity index (χ1) is 16.0. The third kappa shape index (κ3) is 4.81. The molecule has 3 heterocycles. The van der Waals surface area contributed by atoms with E-state index in [-0.39, 0.29) is 11.7 Å². The largest absolute Gasteiger partial charge is 0.416 e. The van der Waals surface area contributed by atoms with Gasteiger partial charge < -0.3 is 0 Å². The fourth-order valence-corrected chi connectivity index (χ4v) is 4.31. The second kappa shape index (κ2) is 8.93. The summed E-state index contributed by atoms with van der Waals surface area (Å²) in [5.74, 6) is 0.870. The lowest BCUT2D eigenvalue weighted by Gasteiger charge is -2.13. The summed E-state index contributed by atoms with van der Waals surface area (Å²) in [4.78, 5) is 21.1. The number of thiazole rings is 1. The van der Waals surface area contributed by atoms with E-state index >= 15 is 0 Å². The molecule has 3 N–H and O–H groups in total. The number of fused-ring (bicyclic) bond motifs is 1. The molecule has 8 nitrogen and oxygen atoms in total. The van der Waals surface area contributed by atoms with Gasteiger partial charge in [0.2, 0.25) is 0 Å². The maximum atomic E-state index is 13.0. The first-order valence-electron chi connectivity index (χ1n) is 10.3. The Morgan fingerprint density at radius 3 is 2.62 bits per heavy atom. The Labute approximate surface area is 197 Å². The van der Waals surface area contributed by atoms with E-state index in [1.165, 1.54) is 12.1 Å². The number of hydrogen-bond acceptors (Lipinski definition) is 6. The monoisotopic (exact) mass is 489 g/mol. The molecular weight excluding hydrogens is 467 g/mol. The molecule has 0 saturated heterocycles. The maximum Gasteiger partial charge on any atom is 0.416 e. The van der Waals surface area contributed by atoms with Gasteiger partial charge in [0, 0.05) is 23.4 Å². The van der Waals surface area contributed by atoms with Gasteiger partial charge in [-0.05, 0) is 36.6 Å². The number of anilines is 2. The zero-order chi connectivity index (χ0) is 24.6. The third-order valence-corrected chi connectivity index (χ3v) is 6.00. The number of rotatable bonds is 5. The van der Waals surface area contributed by atoms with Crippen molar-refractivity contribution in [1.29, 1.82) is 0 Å². The highest BCUT2D eigenvalue weighted by Gasteiger charge is 2.30. The molecule has 12 heteroatoms. The average molecular weight is 490 g/mol. The van der Waals surface area contributed by atoms with Crippen LogP contribution in [-0.4, -0.2) is 25.8 Å². The van der Waals surface area contributed by atoms with Gasteiger partial charge in [0.15, 0.2) is 5.65 Å². The Kier molecular flexibility index (Phi) is 6.17. The van der Waals surface area contributed by atoms with Crippen molar-refractivity contribution in [3.05, 3.63) is 52.5 Å². The van der Waals surface area contributed by atoms with Gasteiger partial charge in [0.25, 0.3) is 0 Å². The van der Waals surface area contributed by atoms with E-state index in [9.17, 15) is 18.0 Å². The molecule has 4 rings (SSSR count). The van der Waals surface area contributed by atoms with Gasteiger partial charge in [-0.3, -0.25) is 15.4 Å². The summed E-state index contributed by atoms with van der Waals surface area (Å²) in [5, 5.41) is 9.88. The van der Waals surface area contributed by atoms with Crippen molar-refractivity contribution >= 4 is 40.0 Å². The molecule has 0 aliphatic carbocycles. The molecule has 0 fully saturated rings. The Balaban J connectivity index is 1.45. The number of amides is 2. The summed E-state index contributed by atoms with van der Waals surface area (Å²) in [7, 11) is 1.81. The van der Waals surface area contributed by atoms with Gasteiger partial charge in [-0.1, -0.05) is 26.0 Å². The zero-order valence-electron chi connectivity index (χ0n) is 18.8. The second-order valence-electron chi connectivity index (χ2n) is 7.98. The van der Waals surface area contributed by atoms with E-state index in [0.717, 1.165) is 40.1 Å². The number of nitrogens with one attached hydrogen (secondary N) is 3. The minimum Gasteiger partial charge on any atom is -0.290 e. The third-order valence-electron chi connectivity index (χ3n) is 5.11. The Hall–Kier alpha value is -3.67. The molecule has 0 aliphatic heterocycles. The predicted octanol–water partition coefficient (Wildman–Crippen LogP) is 5.69. The molecule has 4 aromatic rings. The molecular formula is C22H22F3N7OS. The van der Waals surface area contributed by atoms with Gasteiger partial charge in [0.05, 0.1) is 11.3 Å². The first kappa shape index (κ1) is 23.5. The predicted molar refractivity (Wildman–Crippen MR) is 126 cm³/mol. The summed E-state index contributed by atoms with van der Waals surface area (Å²) >= 11 is 1.13. The summed E-state index contributed by atoms with van der Waals surface area (Å²) < 4.78 is 40.6. The van der Waals surface area contributed by atoms with Crippen molar-refractivity contribution in [3.8, 4) is 10.6 Å². The number of alkyl halides is 3. The SMILES string of the molecule is Cc1nn(C)c2nc(NNC(=O)Nc3csc(-c4cccc(C(F)(F)F)c4)n3)cc(C(C)C)c12. The maximum absolute atomic E-state index is 13.0. The van der Waals surface area contributed by atoms with Crippen LogP contribution in [0.3, 0.4) is 0 Å². The number of hydrazine groups is 1. The molecule has 0 saturated carbocycles. The number of urea groups is 1. The van der Waals surface area contributed by atoms with Crippen LogP contribution >= 0.6 is 11.3 Å². The van der Waals surface area contributed by atoms with Crippen molar-refractivity contribution in [3.63, 3.8) is 0 Å². The van der Waals surface area contributed by atoms with Gasteiger partial charge in [-0.15, -0.1) is 11.3 Å². The van der Waals surface area contributed by atoms with Crippen molar-refractivity contribution in [2.75, 3.05) is 10.7 Å². The molecule has 1 aromatic carbocycles. The van der Waals surface area contributed by atoms with Crippen molar-refractivity contribution in [2.45, 2.75) is 32.9 Å². The number of aromatic nitrogens is 4. The number of pyridine rings is 1. The van der Waals surface area contributed by atoms with Crippen LogP contribution in [0.2, 0.25) is 0 Å². The number of hydrogen-bond donors (Lipinski definition) is 3. The Bertz CT molecular complexity index is 1360. The molecule has 3 aromatic heterocycles. The summed E-state index contributed by atoms with van der Waals surface area (Å²) in [6.07, 6.45) is -4.44. The highest BCUT2D eigenvalue weighted by atomic mass is 32.1. The van der Waals surface area contributed by atoms with Crippen LogP contribution in [-0.2, 0) is 13.2 Å². The quantitative estimate of drug-likeness (QED) is 0.313. The highest BCUT2D eigenvalue weighted by molar-refractivity contribution is 7.13. The van der Waals surface area contributed by atoms with Crippen molar-refractivity contribution in [1.82, 2.24) is 25.2 Å². The molecule has 34 heavy (non-hydrogen) atoms. The van der Waals surface area contributed by atoms with Crippen LogP contribution in [0, 0.1) is 6.92 Å². The number of benzene rings is 1. The molecule has 2 amide bonds. The van der Waals surface area contributed by atoms with Crippen LogP contribution in [0.5, 0.6) is 0 Å². The van der Waals surface area contributed by atoms with E-state index in [2.05, 4.69) is 45.1 Å². The molecule has 178 valence electrons. The Morgan fingerprint density at radius 2 is 1.91 bits per heavy atom. The number of halogens is 3. The van der Waals surface area contributed by atoms with Gasteiger partial charge in [-0.2, -0.15) is 18.3 Å². The topological polar surface area (TPSA) is 96.8 Å². The van der Waals surface area contributed by atoms with E-state index < -0.39 is 17.8 Å². The van der Waals surface area contributed by atoms with E-state index in [0.29, 0.717) is 22.0 Å². The van der Waals surface area contributed by atoms with E-state index in [1.807, 2.05) is 13.0 Å². The Morgan fingerprint density at radius 1 is 1.15 bits per heavy atom. The van der Waals surface area contributed by atoms with Crippen LogP contribution in [0.15, 0.2) is 35.7 Å². The van der Waals surface area contributed by atoms with E-state index in [4.69, 9.17) is 0 Å². The lowest BCUT2D eigenvalue weighted by atomic mass is 10.00. The second-order valence-corrected chi connectivity index (χ2v) is 8.84. The molecule has 0 atom stereocenters. The van der Waals surface area contributed by atoms with Gasteiger partial charge in [-0.25, -0.2) is 20.2 Å². The first-order valence-corrected chi connectivity index (χ1v) is 11.2. The van der Waals surface area contributed by atoms with Crippen LogP contribution in [0.4, 0.5) is 29.6 Å².